The van der Waals surface area contributed by atoms with E-state index in [4.69, 9.17) is 14.3 Å². The van der Waals surface area contributed by atoms with Gasteiger partial charge in [-0.2, -0.15) is 0 Å². The summed E-state index contributed by atoms with van der Waals surface area (Å²) in [6.45, 7) is 3.70. The quantitative estimate of drug-likeness (QED) is 0.711. The summed E-state index contributed by atoms with van der Waals surface area (Å²) < 4.78 is 10.1. The zero-order valence-electron chi connectivity index (χ0n) is 10.4. The third kappa shape index (κ3) is 5.01. The molecule has 1 unspecified atom stereocenters. The minimum absolute atomic E-state index is 0.276. The molecular formula is C12H17NO5. The van der Waals surface area contributed by atoms with Crippen molar-refractivity contribution >= 4 is 11.9 Å². The van der Waals surface area contributed by atoms with E-state index in [0.717, 1.165) is 0 Å². The van der Waals surface area contributed by atoms with E-state index in [-0.39, 0.29) is 19.1 Å². The van der Waals surface area contributed by atoms with Crippen LogP contribution in [0, 0.1) is 0 Å². The molecule has 0 spiro atoms. The molecule has 1 atom stereocenters. The van der Waals surface area contributed by atoms with Crippen molar-refractivity contribution in [1.82, 2.24) is 5.32 Å². The van der Waals surface area contributed by atoms with Crippen LogP contribution in [-0.2, 0) is 20.9 Å². The lowest BCUT2D eigenvalue weighted by Gasteiger charge is -2.17. The zero-order chi connectivity index (χ0) is 13.5. The molecule has 100 valence electrons. The lowest BCUT2D eigenvalue weighted by Crippen LogP contribution is -2.40. The van der Waals surface area contributed by atoms with Crippen molar-refractivity contribution in [3.05, 3.63) is 24.2 Å². The molecule has 0 aliphatic rings. The van der Waals surface area contributed by atoms with Gasteiger partial charge in [0, 0.05) is 0 Å². The second kappa shape index (κ2) is 6.80. The number of hydrogen-bond acceptors (Lipinski definition) is 5. The number of carboxylic acid groups (broad SMARTS) is 1. The fraction of sp³-hybridized carbons (Fsp3) is 0.500. The monoisotopic (exact) mass is 255 g/mol. The standard InChI is InChI=1S/C12H17NO5/c1-8(2)18-12(16)10(6-11(14)15)13-7-9-4-3-5-17-9/h3-5,8,10,13H,6-7H2,1-2H3,(H,14,15). The highest BCUT2D eigenvalue weighted by Gasteiger charge is 2.23. The Bertz CT molecular complexity index is 385. The molecule has 0 aliphatic heterocycles. The maximum atomic E-state index is 11.7. The predicted molar refractivity (Wildman–Crippen MR) is 62.8 cm³/mol. The van der Waals surface area contributed by atoms with Gasteiger partial charge in [-0.05, 0) is 26.0 Å². The van der Waals surface area contributed by atoms with Crippen LogP contribution < -0.4 is 5.32 Å². The van der Waals surface area contributed by atoms with Gasteiger partial charge in [0.15, 0.2) is 0 Å². The number of furan rings is 1. The van der Waals surface area contributed by atoms with E-state index < -0.39 is 18.0 Å². The van der Waals surface area contributed by atoms with Gasteiger partial charge in [-0.25, -0.2) is 0 Å². The number of hydrogen-bond donors (Lipinski definition) is 2. The number of rotatable bonds is 7. The second-order valence-corrected chi connectivity index (χ2v) is 4.10. The van der Waals surface area contributed by atoms with Crippen LogP contribution in [0.4, 0.5) is 0 Å². The number of esters is 1. The first kappa shape index (κ1) is 14.2. The second-order valence-electron chi connectivity index (χ2n) is 4.10. The molecule has 0 bridgehead atoms. The molecule has 1 aromatic rings. The molecule has 0 saturated carbocycles. The molecule has 0 saturated heterocycles. The number of carbonyl (C=O) groups excluding carboxylic acids is 1. The van der Waals surface area contributed by atoms with Gasteiger partial charge in [-0.1, -0.05) is 0 Å². The van der Waals surface area contributed by atoms with Crippen LogP contribution in [0.5, 0.6) is 0 Å². The predicted octanol–water partition coefficient (Wildman–Crippen LogP) is 1.16. The van der Waals surface area contributed by atoms with Crippen molar-refractivity contribution in [1.29, 1.82) is 0 Å². The van der Waals surface area contributed by atoms with Crippen molar-refractivity contribution in [2.75, 3.05) is 0 Å². The molecule has 2 N–H and O–H groups in total. The van der Waals surface area contributed by atoms with Gasteiger partial charge in [0.25, 0.3) is 0 Å². The third-order valence-corrected chi connectivity index (χ3v) is 2.12. The van der Waals surface area contributed by atoms with Crippen molar-refractivity contribution in [3.63, 3.8) is 0 Å². The Hall–Kier alpha value is -1.82. The van der Waals surface area contributed by atoms with Crippen LogP contribution in [0.2, 0.25) is 0 Å². The molecule has 0 aromatic carbocycles. The Morgan fingerprint density at radius 2 is 2.22 bits per heavy atom. The van der Waals surface area contributed by atoms with E-state index in [1.165, 1.54) is 6.26 Å². The summed E-state index contributed by atoms with van der Waals surface area (Å²) in [6, 6.07) is 2.57. The van der Waals surface area contributed by atoms with Crippen LogP contribution >= 0.6 is 0 Å². The molecule has 0 aliphatic carbocycles. The van der Waals surface area contributed by atoms with Gasteiger partial charge in [0.05, 0.1) is 25.3 Å². The highest BCUT2D eigenvalue weighted by atomic mass is 16.5. The van der Waals surface area contributed by atoms with Crippen molar-refractivity contribution in [3.8, 4) is 0 Å². The molecule has 0 radical (unpaired) electrons. The van der Waals surface area contributed by atoms with Gasteiger partial charge < -0.3 is 14.3 Å². The molecule has 0 amide bonds. The summed E-state index contributed by atoms with van der Waals surface area (Å²) in [5, 5.41) is 11.6. The maximum absolute atomic E-state index is 11.7. The highest BCUT2D eigenvalue weighted by Crippen LogP contribution is 2.04. The number of carbonyl (C=O) groups is 2. The summed E-state index contributed by atoms with van der Waals surface area (Å²) in [7, 11) is 0. The van der Waals surface area contributed by atoms with E-state index in [9.17, 15) is 9.59 Å². The fourth-order valence-electron chi connectivity index (χ4n) is 1.36. The van der Waals surface area contributed by atoms with E-state index in [0.29, 0.717) is 5.76 Å². The van der Waals surface area contributed by atoms with Crippen LogP contribution in [0.25, 0.3) is 0 Å². The number of aliphatic carboxylic acids is 1. The Morgan fingerprint density at radius 1 is 1.50 bits per heavy atom. The van der Waals surface area contributed by atoms with Gasteiger partial charge >= 0.3 is 11.9 Å². The zero-order valence-corrected chi connectivity index (χ0v) is 10.4. The molecule has 6 nitrogen and oxygen atoms in total. The largest absolute Gasteiger partial charge is 0.481 e. The Labute approximate surface area is 105 Å². The van der Waals surface area contributed by atoms with Crippen LogP contribution in [0.3, 0.4) is 0 Å². The minimum atomic E-state index is -1.06. The molecule has 6 heteroatoms. The average molecular weight is 255 g/mol. The topological polar surface area (TPSA) is 88.8 Å². The Kier molecular flexibility index (Phi) is 5.38. The molecule has 1 rings (SSSR count). The molecular weight excluding hydrogens is 238 g/mol. The van der Waals surface area contributed by atoms with E-state index >= 15 is 0 Å². The van der Waals surface area contributed by atoms with E-state index in [1.54, 1.807) is 26.0 Å². The lowest BCUT2D eigenvalue weighted by atomic mass is 10.2. The molecule has 0 fully saturated rings. The van der Waals surface area contributed by atoms with Crippen molar-refractivity contribution in [2.24, 2.45) is 0 Å². The smallest absolute Gasteiger partial charge is 0.324 e. The third-order valence-electron chi connectivity index (χ3n) is 2.12. The van der Waals surface area contributed by atoms with Gasteiger partial charge in [0.2, 0.25) is 0 Å². The van der Waals surface area contributed by atoms with Gasteiger partial charge in [-0.15, -0.1) is 0 Å². The van der Waals surface area contributed by atoms with Crippen molar-refractivity contribution in [2.45, 2.75) is 39.0 Å². The normalized spacial score (nSPS) is 12.4. The molecule has 1 heterocycles. The lowest BCUT2D eigenvalue weighted by molar-refractivity contribution is -0.153. The molecule has 1 aromatic heterocycles. The number of ether oxygens (including phenoxy) is 1. The summed E-state index contributed by atoms with van der Waals surface area (Å²) in [5.74, 6) is -1.01. The minimum Gasteiger partial charge on any atom is -0.481 e. The van der Waals surface area contributed by atoms with E-state index in [1.807, 2.05) is 0 Å². The first-order valence-corrected chi connectivity index (χ1v) is 5.67. The van der Waals surface area contributed by atoms with Crippen LogP contribution in [0.1, 0.15) is 26.0 Å². The van der Waals surface area contributed by atoms with Gasteiger partial charge in [0.1, 0.15) is 11.8 Å². The fourth-order valence-corrected chi connectivity index (χ4v) is 1.36. The first-order chi connectivity index (χ1) is 8.49. The van der Waals surface area contributed by atoms with Gasteiger partial charge in [-0.3, -0.25) is 14.9 Å². The average Bonchev–Trinajstić information content (AvgIpc) is 2.75. The van der Waals surface area contributed by atoms with Crippen molar-refractivity contribution < 1.29 is 23.8 Å². The van der Waals surface area contributed by atoms with E-state index in [2.05, 4.69) is 5.32 Å². The number of nitrogens with one attached hydrogen (secondary N) is 1. The van der Waals surface area contributed by atoms with Crippen LogP contribution in [-0.4, -0.2) is 29.2 Å². The summed E-state index contributed by atoms with van der Waals surface area (Å²) >= 11 is 0. The first-order valence-electron chi connectivity index (χ1n) is 5.67. The SMILES string of the molecule is CC(C)OC(=O)C(CC(=O)O)NCc1ccco1. The summed E-state index contributed by atoms with van der Waals surface area (Å²) in [5.41, 5.74) is 0. The highest BCUT2D eigenvalue weighted by molar-refractivity contribution is 5.82. The Morgan fingerprint density at radius 3 is 2.72 bits per heavy atom. The summed E-state index contributed by atoms with van der Waals surface area (Å²) in [6.07, 6.45) is 0.904. The Balaban J connectivity index is 2.54. The van der Waals surface area contributed by atoms with Crippen LogP contribution in [0.15, 0.2) is 22.8 Å². The number of carboxylic acids is 1. The summed E-state index contributed by atoms with van der Waals surface area (Å²) in [4.78, 5) is 22.4. The molecule has 18 heavy (non-hydrogen) atoms. The maximum Gasteiger partial charge on any atom is 0.324 e.